The summed E-state index contributed by atoms with van der Waals surface area (Å²) in [6, 6.07) is 17.5. The standard InChI is InChI=1S/C24H31N3O3S/c1-19(21-7-5-4-6-8-21)27-17-15-22(16-18-27)25-24(28)14-11-20-9-12-23(13-10-20)31(29,30)26(2)3/h4-14,19,22H,15-18H2,1-3H3,(H,25,28)/b14-11+. The molecule has 0 spiro atoms. The van der Waals surface area contributed by atoms with Crippen LogP contribution in [0, 0.1) is 0 Å². The van der Waals surface area contributed by atoms with E-state index in [0.717, 1.165) is 31.5 Å². The van der Waals surface area contributed by atoms with Crippen LogP contribution in [-0.2, 0) is 14.8 Å². The maximum absolute atomic E-state index is 12.3. The number of carbonyl (C=O) groups excluding carboxylic acids is 1. The summed E-state index contributed by atoms with van der Waals surface area (Å²) in [6.07, 6.45) is 5.06. The molecule has 0 bridgehead atoms. The van der Waals surface area contributed by atoms with Gasteiger partial charge in [0.15, 0.2) is 0 Å². The molecule has 1 saturated heterocycles. The molecule has 2 aromatic carbocycles. The number of rotatable bonds is 7. The molecule has 1 amide bonds. The molecule has 1 unspecified atom stereocenters. The number of nitrogens with one attached hydrogen (secondary N) is 1. The first-order valence-corrected chi connectivity index (χ1v) is 12.0. The van der Waals surface area contributed by atoms with Gasteiger partial charge in [0.1, 0.15) is 0 Å². The van der Waals surface area contributed by atoms with Gasteiger partial charge in [-0.25, -0.2) is 12.7 Å². The highest BCUT2D eigenvalue weighted by Crippen LogP contribution is 2.24. The van der Waals surface area contributed by atoms with Gasteiger partial charge in [0.2, 0.25) is 15.9 Å². The van der Waals surface area contributed by atoms with Crippen LogP contribution in [0.1, 0.15) is 36.9 Å². The number of piperidine rings is 1. The van der Waals surface area contributed by atoms with E-state index < -0.39 is 10.0 Å². The fraction of sp³-hybridized carbons (Fsp3) is 0.375. The van der Waals surface area contributed by atoms with E-state index in [1.807, 2.05) is 6.07 Å². The Bertz CT molecular complexity index is 994. The molecule has 1 aliphatic rings. The highest BCUT2D eigenvalue weighted by Gasteiger charge is 2.24. The smallest absolute Gasteiger partial charge is 0.244 e. The molecule has 2 aromatic rings. The molecule has 1 fully saturated rings. The van der Waals surface area contributed by atoms with Crippen molar-refractivity contribution in [3.05, 3.63) is 71.8 Å². The van der Waals surface area contributed by atoms with E-state index in [4.69, 9.17) is 0 Å². The van der Waals surface area contributed by atoms with Crippen LogP contribution in [-0.4, -0.2) is 56.8 Å². The van der Waals surface area contributed by atoms with Gasteiger partial charge in [-0.15, -0.1) is 0 Å². The van der Waals surface area contributed by atoms with E-state index in [0.29, 0.717) is 6.04 Å². The summed E-state index contributed by atoms with van der Waals surface area (Å²) in [4.78, 5) is 15.0. The Kier molecular flexibility index (Phi) is 7.64. The zero-order valence-corrected chi connectivity index (χ0v) is 19.2. The Morgan fingerprint density at radius 3 is 2.26 bits per heavy atom. The second-order valence-electron chi connectivity index (χ2n) is 8.10. The minimum atomic E-state index is -3.45. The molecule has 0 radical (unpaired) electrons. The lowest BCUT2D eigenvalue weighted by Gasteiger charge is -2.36. The van der Waals surface area contributed by atoms with E-state index in [1.165, 1.54) is 30.0 Å². The van der Waals surface area contributed by atoms with Crippen molar-refractivity contribution in [1.82, 2.24) is 14.5 Å². The van der Waals surface area contributed by atoms with Crippen molar-refractivity contribution in [3.63, 3.8) is 0 Å². The number of benzene rings is 2. The summed E-state index contributed by atoms with van der Waals surface area (Å²) in [5.41, 5.74) is 2.09. The van der Waals surface area contributed by atoms with Gasteiger partial charge >= 0.3 is 0 Å². The molecule has 7 heteroatoms. The van der Waals surface area contributed by atoms with Gasteiger partial charge in [0.25, 0.3) is 0 Å². The van der Waals surface area contributed by atoms with Crippen LogP contribution in [0.3, 0.4) is 0 Å². The van der Waals surface area contributed by atoms with Gasteiger partial charge in [-0.1, -0.05) is 42.5 Å². The van der Waals surface area contributed by atoms with Crippen molar-refractivity contribution >= 4 is 22.0 Å². The molecule has 0 aromatic heterocycles. The lowest BCUT2D eigenvalue weighted by Crippen LogP contribution is -2.44. The Balaban J connectivity index is 1.49. The Morgan fingerprint density at radius 1 is 1.06 bits per heavy atom. The SMILES string of the molecule is CC(c1ccccc1)N1CCC(NC(=O)/C=C/c2ccc(S(=O)(=O)N(C)C)cc2)CC1. The van der Waals surface area contributed by atoms with Gasteiger partial charge in [-0.05, 0) is 49.1 Å². The highest BCUT2D eigenvalue weighted by molar-refractivity contribution is 7.89. The average molecular weight is 442 g/mol. The van der Waals surface area contributed by atoms with Crippen LogP contribution >= 0.6 is 0 Å². The number of hydrogen-bond acceptors (Lipinski definition) is 4. The van der Waals surface area contributed by atoms with E-state index in [-0.39, 0.29) is 16.8 Å². The van der Waals surface area contributed by atoms with E-state index in [1.54, 1.807) is 30.3 Å². The summed E-state index contributed by atoms with van der Waals surface area (Å²) < 4.78 is 25.4. The molecule has 1 N–H and O–H groups in total. The first kappa shape index (κ1) is 23.2. The average Bonchev–Trinajstić information content (AvgIpc) is 2.78. The molecule has 166 valence electrons. The summed E-state index contributed by atoms with van der Waals surface area (Å²) in [5, 5.41) is 3.08. The Morgan fingerprint density at radius 2 is 1.68 bits per heavy atom. The topological polar surface area (TPSA) is 69.7 Å². The molecule has 3 rings (SSSR count). The zero-order valence-electron chi connectivity index (χ0n) is 18.4. The van der Waals surface area contributed by atoms with Crippen molar-refractivity contribution < 1.29 is 13.2 Å². The van der Waals surface area contributed by atoms with Crippen LogP contribution in [0.4, 0.5) is 0 Å². The van der Waals surface area contributed by atoms with E-state index >= 15 is 0 Å². The number of amides is 1. The van der Waals surface area contributed by atoms with Crippen LogP contribution in [0.2, 0.25) is 0 Å². The van der Waals surface area contributed by atoms with Crippen LogP contribution < -0.4 is 5.32 Å². The van der Waals surface area contributed by atoms with Crippen LogP contribution in [0.15, 0.2) is 65.6 Å². The summed E-state index contributed by atoms with van der Waals surface area (Å²) in [7, 11) is -0.446. The quantitative estimate of drug-likeness (QED) is 0.670. The van der Waals surface area contributed by atoms with E-state index in [2.05, 4.69) is 41.4 Å². The lowest BCUT2D eigenvalue weighted by molar-refractivity contribution is -0.117. The van der Waals surface area contributed by atoms with Crippen molar-refractivity contribution in [3.8, 4) is 0 Å². The predicted octanol–water partition coefficient (Wildman–Crippen LogP) is 3.29. The third-order valence-electron chi connectivity index (χ3n) is 5.79. The number of nitrogens with zero attached hydrogens (tertiary/aromatic N) is 2. The molecule has 1 aliphatic heterocycles. The molecule has 6 nitrogen and oxygen atoms in total. The molecule has 1 atom stereocenters. The predicted molar refractivity (Wildman–Crippen MR) is 124 cm³/mol. The van der Waals surface area contributed by atoms with Gasteiger partial charge < -0.3 is 5.32 Å². The number of hydrogen-bond donors (Lipinski definition) is 1. The maximum Gasteiger partial charge on any atom is 0.244 e. The van der Waals surface area contributed by atoms with Crippen molar-refractivity contribution in [2.75, 3.05) is 27.2 Å². The van der Waals surface area contributed by atoms with Gasteiger partial charge in [-0.3, -0.25) is 9.69 Å². The summed E-state index contributed by atoms with van der Waals surface area (Å²) >= 11 is 0. The Hall–Kier alpha value is -2.48. The Labute approximate surface area is 185 Å². The van der Waals surface area contributed by atoms with Crippen molar-refractivity contribution in [1.29, 1.82) is 0 Å². The molecule has 31 heavy (non-hydrogen) atoms. The number of carbonyl (C=O) groups is 1. The number of sulfonamides is 1. The minimum absolute atomic E-state index is 0.125. The highest BCUT2D eigenvalue weighted by atomic mass is 32.2. The largest absolute Gasteiger partial charge is 0.350 e. The van der Waals surface area contributed by atoms with Gasteiger partial charge in [0, 0.05) is 45.3 Å². The summed E-state index contributed by atoms with van der Waals surface area (Å²) in [5.74, 6) is -0.125. The van der Waals surface area contributed by atoms with Crippen LogP contribution in [0.5, 0.6) is 0 Å². The second kappa shape index (κ2) is 10.2. The van der Waals surface area contributed by atoms with Gasteiger partial charge in [-0.2, -0.15) is 0 Å². The minimum Gasteiger partial charge on any atom is -0.350 e. The third kappa shape index (κ3) is 6.03. The zero-order chi connectivity index (χ0) is 22.4. The van der Waals surface area contributed by atoms with Gasteiger partial charge in [0.05, 0.1) is 4.90 Å². The van der Waals surface area contributed by atoms with Crippen LogP contribution in [0.25, 0.3) is 6.08 Å². The first-order valence-electron chi connectivity index (χ1n) is 10.6. The normalized spacial score (nSPS) is 17.2. The number of likely N-dealkylation sites (tertiary alicyclic amines) is 1. The lowest BCUT2D eigenvalue weighted by atomic mass is 10.00. The second-order valence-corrected chi connectivity index (χ2v) is 10.2. The van der Waals surface area contributed by atoms with Crippen molar-refractivity contribution in [2.45, 2.75) is 36.7 Å². The van der Waals surface area contributed by atoms with E-state index in [9.17, 15) is 13.2 Å². The summed E-state index contributed by atoms with van der Waals surface area (Å²) in [6.45, 7) is 4.13. The molecule has 1 heterocycles. The third-order valence-corrected chi connectivity index (χ3v) is 7.62. The molecular weight excluding hydrogens is 410 g/mol. The first-order chi connectivity index (χ1) is 14.8. The van der Waals surface area contributed by atoms with Crippen molar-refractivity contribution in [2.24, 2.45) is 0 Å². The fourth-order valence-electron chi connectivity index (χ4n) is 3.76. The fourth-order valence-corrected chi connectivity index (χ4v) is 4.66. The molecule has 0 saturated carbocycles. The molecule has 0 aliphatic carbocycles. The molecular formula is C24H31N3O3S. The monoisotopic (exact) mass is 441 g/mol. The maximum atomic E-state index is 12.3.